The summed E-state index contributed by atoms with van der Waals surface area (Å²) in [4.78, 5) is 12.1. The van der Waals surface area contributed by atoms with Crippen LogP contribution in [0, 0.1) is 5.82 Å². The first-order chi connectivity index (χ1) is 15.5. The largest absolute Gasteiger partial charge is 0.504 e. The van der Waals surface area contributed by atoms with Crippen LogP contribution in [0.1, 0.15) is 22.5 Å². The van der Waals surface area contributed by atoms with E-state index in [1.807, 2.05) is 6.07 Å². The zero-order valence-electron chi connectivity index (χ0n) is 17.5. The summed E-state index contributed by atoms with van der Waals surface area (Å²) in [6.45, 7) is 1.65. The molecule has 160 valence electrons. The SMILES string of the molecule is CN=C(C(O)=C(N)c1ccc(-c2ccccc2F)cc1)c1nc2cc3c(cc2[nH]1)CNC3. The van der Waals surface area contributed by atoms with Gasteiger partial charge in [-0.2, -0.15) is 0 Å². The Bertz CT molecular complexity index is 1340. The number of aliphatic imine (C=N–C) groups is 1. The number of imidazole rings is 1. The van der Waals surface area contributed by atoms with Gasteiger partial charge in [0.2, 0.25) is 0 Å². The Kier molecular flexibility index (Phi) is 4.95. The highest BCUT2D eigenvalue weighted by molar-refractivity contribution is 6.13. The number of nitrogens with zero attached hydrogens (tertiary/aromatic N) is 2. The quantitative estimate of drug-likeness (QED) is 0.289. The van der Waals surface area contributed by atoms with Crippen molar-refractivity contribution in [3.63, 3.8) is 0 Å². The normalized spacial score (nSPS) is 14.5. The predicted molar refractivity (Wildman–Crippen MR) is 125 cm³/mol. The van der Waals surface area contributed by atoms with Crippen molar-refractivity contribution in [1.82, 2.24) is 15.3 Å². The molecule has 0 atom stereocenters. The average molecular weight is 427 g/mol. The monoisotopic (exact) mass is 427 g/mol. The lowest BCUT2D eigenvalue weighted by molar-refractivity contribution is 0.444. The predicted octanol–water partition coefficient (Wildman–Crippen LogP) is 4.28. The molecular formula is C25H22FN5O. The summed E-state index contributed by atoms with van der Waals surface area (Å²) in [5.41, 5.74) is 12.7. The van der Waals surface area contributed by atoms with Crippen LogP contribution in [0.5, 0.6) is 0 Å². The van der Waals surface area contributed by atoms with Gasteiger partial charge in [0.1, 0.15) is 11.5 Å². The van der Waals surface area contributed by atoms with Crippen molar-refractivity contribution < 1.29 is 9.50 Å². The van der Waals surface area contributed by atoms with Gasteiger partial charge in [0.05, 0.1) is 16.7 Å². The number of rotatable bonds is 4. The number of hydrogen-bond acceptors (Lipinski definition) is 5. The Morgan fingerprint density at radius 1 is 1.06 bits per heavy atom. The van der Waals surface area contributed by atoms with Gasteiger partial charge in [-0.1, -0.05) is 42.5 Å². The smallest absolute Gasteiger partial charge is 0.168 e. The molecule has 0 bridgehead atoms. The summed E-state index contributed by atoms with van der Waals surface area (Å²) < 4.78 is 14.1. The Hall–Kier alpha value is -3.97. The van der Waals surface area contributed by atoms with Crippen LogP contribution in [0.25, 0.3) is 27.9 Å². The van der Waals surface area contributed by atoms with Crippen LogP contribution in [0.3, 0.4) is 0 Å². The van der Waals surface area contributed by atoms with Gasteiger partial charge in [0, 0.05) is 31.3 Å². The molecular weight excluding hydrogens is 405 g/mol. The first-order valence-corrected chi connectivity index (χ1v) is 10.3. The summed E-state index contributed by atoms with van der Waals surface area (Å²) in [5, 5.41) is 14.2. The molecule has 0 saturated carbocycles. The second kappa shape index (κ2) is 7.94. The molecule has 0 saturated heterocycles. The van der Waals surface area contributed by atoms with Crippen LogP contribution in [-0.4, -0.2) is 27.8 Å². The third kappa shape index (κ3) is 3.42. The minimum absolute atomic E-state index is 0.165. The number of aromatic nitrogens is 2. The second-order valence-corrected chi connectivity index (χ2v) is 7.72. The van der Waals surface area contributed by atoms with Crippen molar-refractivity contribution in [2.45, 2.75) is 13.1 Å². The zero-order chi connectivity index (χ0) is 22.2. The molecule has 1 aliphatic rings. The van der Waals surface area contributed by atoms with Crippen molar-refractivity contribution in [1.29, 1.82) is 0 Å². The van der Waals surface area contributed by atoms with Gasteiger partial charge >= 0.3 is 0 Å². The fraction of sp³-hybridized carbons (Fsp3) is 0.120. The van der Waals surface area contributed by atoms with E-state index in [0.717, 1.165) is 29.7 Å². The molecule has 0 unspecified atom stereocenters. The molecule has 4 aromatic rings. The molecule has 2 heterocycles. The third-order valence-corrected chi connectivity index (χ3v) is 5.74. The molecule has 6 nitrogen and oxygen atoms in total. The van der Waals surface area contributed by atoms with Gasteiger partial charge in [0.15, 0.2) is 11.6 Å². The van der Waals surface area contributed by atoms with E-state index in [-0.39, 0.29) is 23.0 Å². The van der Waals surface area contributed by atoms with Crippen molar-refractivity contribution >= 4 is 22.4 Å². The van der Waals surface area contributed by atoms with Gasteiger partial charge in [-0.25, -0.2) is 9.37 Å². The number of allylic oxidation sites excluding steroid dienone is 1. The minimum Gasteiger partial charge on any atom is -0.504 e. The van der Waals surface area contributed by atoms with Gasteiger partial charge in [0.25, 0.3) is 0 Å². The maximum atomic E-state index is 14.1. The van der Waals surface area contributed by atoms with Crippen LogP contribution in [0.2, 0.25) is 0 Å². The third-order valence-electron chi connectivity index (χ3n) is 5.74. The van der Waals surface area contributed by atoms with Crippen molar-refractivity contribution in [2.24, 2.45) is 10.7 Å². The van der Waals surface area contributed by atoms with E-state index in [2.05, 4.69) is 26.3 Å². The number of H-pyrrole nitrogens is 1. The maximum absolute atomic E-state index is 14.1. The Morgan fingerprint density at radius 2 is 1.78 bits per heavy atom. The Labute approximate surface area is 184 Å². The molecule has 5 rings (SSSR count). The van der Waals surface area contributed by atoms with Crippen LogP contribution >= 0.6 is 0 Å². The number of benzene rings is 3. The van der Waals surface area contributed by atoms with Crippen LogP contribution in [-0.2, 0) is 13.1 Å². The van der Waals surface area contributed by atoms with Crippen LogP contribution < -0.4 is 11.1 Å². The fourth-order valence-electron chi connectivity index (χ4n) is 4.03. The number of aromatic amines is 1. The lowest BCUT2D eigenvalue weighted by Crippen LogP contribution is -2.13. The summed E-state index contributed by atoms with van der Waals surface area (Å²) in [6, 6.07) is 17.7. The van der Waals surface area contributed by atoms with Crippen molar-refractivity contribution in [2.75, 3.05) is 7.05 Å². The van der Waals surface area contributed by atoms with E-state index in [9.17, 15) is 9.50 Å². The van der Waals surface area contributed by atoms with E-state index < -0.39 is 0 Å². The van der Waals surface area contributed by atoms with Gasteiger partial charge in [-0.05, 0) is 34.9 Å². The number of aliphatic hydroxyl groups is 1. The fourth-order valence-corrected chi connectivity index (χ4v) is 4.03. The van der Waals surface area contributed by atoms with Crippen LogP contribution in [0.4, 0.5) is 4.39 Å². The summed E-state index contributed by atoms with van der Waals surface area (Å²) in [6.07, 6.45) is 0. The second-order valence-electron chi connectivity index (χ2n) is 7.72. The molecule has 32 heavy (non-hydrogen) atoms. The molecule has 5 N–H and O–H groups in total. The topological polar surface area (TPSA) is 99.3 Å². The van der Waals surface area contributed by atoms with Gasteiger partial charge in [-0.15, -0.1) is 0 Å². The Balaban J connectivity index is 1.48. The molecule has 1 aromatic heterocycles. The average Bonchev–Trinajstić information content (AvgIpc) is 3.43. The van der Waals surface area contributed by atoms with Crippen molar-refractivity contribution in [3.05, 3.63) is 94.8 Å². The van der Waals surface area contributed by atoms with E-state index in [0.29, 0.717) is 17.0 Å². The number of nitrogens with one attached hydrogen (secondary N) is 2. The molecule has 1 aliphatic heterocycles. The molecule has 0 spiro atoms. The van der Waals surface area contributed by atoms with Crippen LogP contribution in [0.15, 0.2) is 71.4 Å². The maximum Gasteiger partial charge on any atom is 0.168 e. The van der Waals surface area contributed by atoms with E-state index in [1.54, 1.807) is 49.5 Å². The molecule has 3 aromatic carbocycles. The van der Waals surface area contributed by atoms with E-state index in [1.165, 1.54) is 17.2 Å². The number of fused-ring (bicyclic) bond motifs is 2. The standard InChI is InChI=1S/C25H22FN5O/c1-28-23(25-30-20-10-16-12-29-13-17(16)11-21(20)31-25)24(32)22(27)15-8-6-14(7-9-15)18-4-2-3-5-19(18)26/h2-11,29,32H,12-13,27H2,1H3,(H,30,31). The number of halogens is 1. The number of hydrogen-bond donors (Lipinski definition) is 4. The van der Waals surface area contributed by atoms with Crippen molar-refractivity contribution in [3.8, 4) is 11.1 Å². The molecule has 0 fully saturated rings. The molecule has 0 aliphatic carbocycles. The van der Waals surface area contributed by atoms with E-state index >= 15 is 0 Å². The lowest BCUT2D eigenvalue weighted by atomic mass is 10.0. The van der Waals surface area contributed by atoms with E-state index in [4.69, 9.17) is 5.73 Å². The summed E-state index contributed by atoms with van der Waals surface area (Å²) >= 11 is 0. The first-order valence-electron chi connectivity index (χ1n) is 10.3. The summed E-state index contributed by atoms with van der Waals surface area (Å²) in [5.74, 6) is -0.0133. The highest BCUT2D eigenvalue weighted by atomic mass is 19.1. The summed E-state index contributed by atoms with van der Waals surface area (Å²) in [7, 11) is 1.58. The Morgan fingerprint density at radius 3 is 2.50 bits per heavy atom. The number of nitrogens with two attached hydrogens (primary N) is 1. The minimum atomic E-state index is -0.293. The lowest BCUT2D eigenvalue weighted by Gasteiger charge is -2.09. The highest BCUT2D eigenvalue weighted by Crippen LogP contribution is 2.26. The van der Waals surface area contributed by atoms with Gasteiger partial charge in [-0.3, -0.25) is 4.99 Å². The first kappa shape index (κ1) is 20.0. The molecule has 0 amide bonds. The zero-order valence-corrected chi connectivity index (χ0v) is 17.5. The highest BCUT2D eigenvalue weighted by Gasteiger charge is 2.19. The molecule has 0 radical (unpaired) electrons. The van der Waals surface area contributed by atoms with Gasteiger partial charge < -0.3 is 21.1 Å². The molecule has 7 heteroatoms. The number of aliphatic hydroxyl groups excluding tert-OH is 1.